The highest BCUT2D eigenvalue weighted by atomic mass is 16.6. The van der Waals surface area contributed by atoms with E-state index in [1.807, 2.05) is 30.3 Å². The number of esters is 1. The second-order valence-corrected chi connectivity index (χ2v) is 4.86. The standard InChI is InChI=1S/C15H19NO4/c17-14(18)9-10-15(19)20-13-8-4-5-11-16(13)12-6-2-1-3-7-12/h1-3,6-7,13H,4-5,8-11H2,(H,17,18). The van der Waals surface area contributed by atoms with Gasteiger partial charge in [0.1, 0.15) is 0 Å². The predicted molar refractivity (Wildman–Crippen MR) is 74.4 cm³/mol. The van der Waals surface area contributed by atoms with E-state index < -0.39 is 11.9 Å². The lowest BCUT2D eigenvalue weighted by molar-refractivity contribution is -0.152. The van der Waals surface area contributed by atoms with Gasteiger partial charge in [-0.3, -0.25) is 9.59 Å². The number of para-hydroxylation sites is 1. The van der Waals surface area contributed by atoms with Crippen molar-refractivity contribution < 1.29 is 19.4 Å². The number of ether oxygens (including phenoxy) is 1. The maximum Gasteiger partial charge on any atom is 0.308 e. The lowest BCUT2D eigenvalue weighted by atomic mass is 10.1. The normalized spacial score (nSPS) is 18.6. The maximum absolute atomic E-state index is 11.7. The molecule has 0 aromatic heterocycles. The Morgan fingerprint density at radius 2 is 1.95 bits per heavy atom. The van der Waals surface area contributed by atoms with Crippen LogP contribution in [0.4, 0.5) is 5.69 Å². The van der Waals surface area contributed by atoms with Crippen LogP contribution in [0, 0.1) is 0 Å². The van der Waals surface area contributed by atoms with Crippen LogP contribution in [0.5, 0.6) is 0 Å². The Kier molecular flexibility index (Phi) is 4.98. The molecule has 0 saturated carbocycles. The Hall–Kier alpha value is -2.04. The van der Waals surface area contributed by atoms with Crippen LogP contribution in [0.2, 0.25) is 0 Å². The third kappa shape index (κ3) is 3.98. The van der Waals surface area contributed by atoms with Gasteiger partial charge < -0.3 is 14.7 Å². The summed E-state index contributed by atoms with van der Waals surface area (Å²) in [5, 5.41) is 8.58. The van der Waals surface area contributed by atoms with Gasteiger partial charge in [-0.25, -0.2) is 0 Å². The first-order valence-electron chi connectivity index (χ1n) is 6.90. The summed E-state index contributed by atoms with van der Waals surface area (Å²) >= 11 is 0. The van der Waals surface area contributed by atoms with E-state index >= 15 is 0 Å². The van der Waals surface area contributed by atoms with Gasteiger partial charge in [-0.15, -0.1) is 0 Å². The SMILES string of the molecule is O=C(O)CCC(=O)OC1CCCCN1c1ccccc1. The molecule has 2 rings (SSSR count). The van der Waals surface area contributed by atoms with Crippen molar-refractivity contribution in [1.29, 1.82) is 0 Å². The fraction of sp³-hybridized carbons (Fsp3) is 0.467. The molecule has 20 heavy (non-hydrogen) atoms. The molecule has 1 saturated heterocycles. The zero-order valence-corrected chi connectivity index (χ0v) is 11.3. The second-order valence-electron chi connectivity index (χ2n) is 4.86. The number of piperidine rings is 1. The van der Waals surface area contributed by atoms with E-state index in [-0.39, 0.29) is 19.1 Å². The number of benzene rings is 1. The molecule has 0 radical (unpaired) electrons. The molecule has 1 aromatic carbocycles. The van der Waals surface area contributed by atoms with Gasteiger partial charge in [0.05, 0.1) is 12.8 Å². The molecule has 1 N–H and O–H groups in total. The lowest BCUT2D eigenvalue weighted by Crippen LogP contribution is -2.42. The molecule has 108 valence electrons. The van der Waals surface area contributed by atoms with Gasteiger partial charge in [0.2, 0.25) is 0 Å². The molecule has 1 aliphatic rings. The van der Waals surface area contributed by atoms with Crippen molar-refractivity contribution in [2.24, 2.45) is 0 Å². The van der Waals surface area contributed by atoms with Crippen LogP contribution in [-0.2, 0) is 14.3 Å². The van der Waals surface area contributed by atoms with Crippen molar-refractivity contribution in [1.82, 2.24) is 0 Å². The fourth-order valence-corrected chi connectivity index (χ4v) is 2.36. The number of hydrogen-bond acceptors (Lipinski definition) is 4. The van der Waals surface area contributed by atoms with E-state index in [4.69, 9.17) is 9.84 Å². The molecule has 5 nitrogen and oxygen atoms in total. The highest BCUT2D eigenvalue weighted by Gasteiger charge is 2.25. The summed E-state index contributed by atoms with van der Waals surface area (Å²) in [7, 11) is 0. The first-order valence-corrected chi connectivity index (χ1v) is 6.90. The molecule has 0 spiro atoms. The van der Waals surface area contributed by atoms with Crippen molar-refractivity contribution in [3.05, 3.63) is 30.3 Å². The summed E-state index contributed by atoms with van der Waals surface area (Å²) < 4.78 is 5.43. The number of anilines is 1. The first-order chi connectivity index (χ1) is 9.66. The number of aliphatic carboxylic acids is 1. The topological polar surface area (TPSA) is 66.8 Å². The summed E-state index contributed by atoms with van der Waals surface area (Å²) in [5.74, 6) is -1.43. The zero-order valence-electron chi connectivity index (χ0n) is 11.3. The molecule has 1 aromatic rings. The summed E-state index contributed by atoms with van der Waals surface area (Å²) in [6.07, 6.45) is 2.32. The Morgan fingerprint density at radius 3 is 2.65 bits per heavy atom. The first kappa shape index (κ1) is 14.4. The van der Waals surface area contributed by atoms with Crippen LogP contribution in [-0.4, -0.2) is 29.8 Å². The summed E-state index contributed by atoms with van der Waals surface area (Å²) in [5.41, 5.74) is 1.03. The minimum Gasteiger partial charge on any atom is -0.481 e. The molecule has 5 heteroatoms. The van der Waals surface area contributed by atoms with E-state index in [9.17, 15) is 9.59 Å². The van der Waals surface area contributed by atoms with Gasteiger partial charge in [0.15, 0.2) is 6.23 Å². The van der Waals surface area contributed by atoms with Crippen LogP contribution in [0.25, 0.3) is 0 Å². The van der Waals surface area contributed by atoms with Gasteiger partial charge in [-0.1, -0.05) is 18.2 Å². The second kappa shape index (κ2) is 6.93. The number of nitrogens with zero attached hydrogens (tertiary/aromatic N) is 1. The minimum absolute atomic E-state index is 0.0749. The van der Waals surface area contributed by atoms with E-state index in [2.05, 4.69) is 4.90 Å². The molecule has 0 amide bonds. The van der Waals surface area contributed by atoms with Crippen LogP contribution in [0.1, 0.15) is 32.1 Å². The smallest absolute Gasteiger partial charge is 0.308 e. The van der Waals surface area contributed by atoms with E-state index in [1.54, 1.807) is 0 Å². The molecule has 1 fully saturated rings. The monoisotopic (exact) mass is 277 g/mol. The summed E-state index contributed by atoms with van der Waals surface area (Å²) in [6, 6.07) is 9.83. The van der Waals surface area contributed by atoms with Crippen molar-refractivity contribution in [2.45, 2.75) is 38.3 Å². The highest BCUT2D eigenvalue weighted by Crippen LogP contribution is 2.25. The molecule has 1 unspecified atom stereocenters. The van der Waals surface area contributed by atoms with Crippen molar-refractivity contribution in [2.75, 3.05) is 11.4 Å². The molecule has 1 atom stereocenters. The van der Waals surface area contributed by atoms with E-state index in [0.717, 1.165) is 31.5 Å². The average molecular weight is 277 g/mol. The Balaban J connectivity index is 1.97. The molecular formula is C15H19NO4. The van der Waals surface area contributed by atoms with Crippen molar-refractivity contribution in [3.8, 4) is 0 Å². The van der Waals surface area contributed by atoms with E-state index in [0.29, 0.717) is 0 Å². The number of carboxylic acid groups (broad SMARTS) is 1. The van der Waals surface area contributed by atoms with Crippen LogP contribution in [0.3, 0.4) is 0 Å². The Labute approximate surface area is 118 Å². The quantitative estimate of drug-likeness (QED) is 0.837. The van der Waals surface area contributed by atoms with Crippen molar-refractivity contribution in [3.63, 3.8) is 0 Å². The third-order valence-electron chi connectivity index (χ3n) is 3.35. The molecule has 0 aliphatic carbocycles. The van der Waals surface area contributed by atoms with Crippen LogP contribution < -0.4 is 4.90 Å². The molecular weight excluding hydrogens is 258 g/mol. The fourth-order valence-electron chi connectivity index (χ4n) is 2.36. The minimum atomic E-state index is -0.981. The number of carboxylic acids is 1. The average Bonchev–Trinajstić information content (AvgIpc) is 2.47. The lowest BCUT2D eigenvalue weighted by Gasteiger charge is -2.36. The van der Waals surface area contributed by atoms with Gasteiger partial charge in [0.25, 0.3) is 0 Å². The number of rotatable bonds is 5. The third-order valence-corrected chi connectivity index (χ3v) is 3.35. The maximum atomic E-state index is 11.7. The van der Waals surface area contributed by atoms with Crippen LogP contribution >= 0.6 is 0 Å². The molecule has 1 heterocycles. The number of carbonyl (C=O) groups is 2. The number of carbonyl (C=O) groups excluding carboxylic acids is 1. The zero-order chi connectivity index (χ0) is 14.4. The Morgan fingerprint density at radius 1 is 1.20 bits per heavy atom. The molecule has 1 aliphatic heterocycles. The van der Waals surface area contributed by atoms with Gasteiger partial charge in [0, 0.05) is 18.7 Å². The largest absolute Gasteiger partial charge is 0.481 e. The summed E-state index contributed by atoms with van der Waals surface area (Å²) in [4.78, 5) is 24.2. The Bertz CT molecular complexity index is 460. The number of hydrogen-bond donors (Lipinski definition) is 1. The van der Waals surface area contributed by atoms with Gasteiger partial charge in [-0.05, 0) is 25.0 Å². The summed E-state index contributed by atoms with van der Waals surface area (Å²) in [6.45, 7) is 0.848. The predicted octanol–water partition coefficient (Wildman–Crippen LogP) is 2.41. The van der Waals surface area contributed by atoms with Crippen molar-refractivity contribution >= 4 is 17.6 Å². The van der Waals surface area contributed by atoms with E-state index in [1.165, 1.54) is 0 Å². The van der Waals surface area contributed by atoms with Crippen LogP contribution in [0.15, 0.2) is 30.3 Å². The van der Waals surface area contributed by atoms with Gasteiger partial charge in [-0.2, -0.15) is 0 Å². The molecule has 0 bridgehead atoms. The van der Waals surface area contributed by atoms with Gasteiger partial charge >= 0.3 is 11.9 Å². The highest BCUT2D eigenvalue weighted by molar-refractivity contribution is 5.76.